The second-order valence-corrected chi connectivity index (χ2v) is 5.24. The Hall–Kier alpha value is -1.30. The van der Waals surface area contributed by atoms with Crippen LogP contribution < -0.4 is 0 Å². The van der Waals surface area contributed by atoms with E-state index in [-0.39, 0.29) is 11.6 Å². The Kier molecular flexibility index (Phi) is 2.99. The van der Waals surface area contributed by atoms with E-state index in [9.17, 15) is 9.59 Å². The largest absolute Gasteiger partial charge is 0.481 e. The number of nitrogens with zero attached hydrogens (tertiary/aromatic N) is 2. The van der Waals surface area contributed by atoms with Crippen LogP contribution >= 0.6 is 0 Å². The van der Waals surface area contributed by atoms with Crippen LogP contribution in [0.1, 0.15) is 13.8 Å². The minimum absolute atomic E-state index is 0.0733. The molecule has 0 saturated carbocycles. The number of urea groups is 1. The molecule has 6 heteroatoms. The lowest BCUT2D eigenvalue weighted by atomic mass is 9.99. The van der Waals surface area contributed by atoms with E-state index in [1.54, 1.807) is 9.80 Å². The maximum atomic E-state index is 12.2. The number of likely N-dealkylation sites (tertiary alicyclic amines) is 1. The van der Waals surface area contributed by atoms with Crippen molar-refractivity contribution in [3.8, 4) is 0 Å². The number of carbonyl (C=O) groups is 2. The molecule has 96 valence electrons. The number of hydrogen-bond donors (Lipinski definition) is 1. The third kappa shape index (κ3) is 2.22. The molecule has 2 heterocycles. The Morgan fingerprint density at radius 3 is 2.53 bits per heavy atom. The molecule has 2 aliphatic heterocycles. The molecule has 2 amide bonds. The van der Waals surface area contributed by atoms with Gasteiger partial charge in [-0.1, -0.05) is 0 Å². The molecule has 0 spiro atoms. The summed E-state index contributed by atoms with van der Waals surface area (Å²) < 4.78 is 5.35. The van der Waals surface area contributed by atoms with Crippen LogP contribution in [0.4, 0.5) is 4.79 Å². The molecule has 6 nitrogen and oxygen atoms in total. The highest BCUT2D eigenvalue weighted by atomic mass is 16.5. The number of ether oxygens (including phenoxy) is 1. The van der Waals surface area contributed by atoms with Crippen molar-refractivity contribution < 1.29 is 19.4 Å². The molecule has 0 atom stereocenters. The van der Waals surface area contributed by atoms with Gasteiger partial charge in [-0.15, -0.1) is 0 Å². The number of carboxylic acid groups (broad SMARTS) is 1. The van der Waals surface area contributed by atoms with E-state index in [0.29, 0.717) is 32.8 Å². The van der Waals surface area contributed by atoms with Gasteiger partial charge in [-0.3, -0.25) is 4.79 Å². The first kappa shape index (κ1) is 12.2. The van der Waals surface area contributed by atoms with E-state index in [1.807, 2.05) is 13.8 Å². The van der Waals surface area contributed by atoms with Crippen LogP contribution in [0.15, 0.2) is 0 Å². The zero-order valence-electron chi connectivity index (χ0n) is 10.2. The first-order valence-corrected chi connectivity index (χ1v) is 5.79. The van der Waals surface area contributed by atoms with Gasteiger partial charge in [-0.05, 0) is 13.8 Å². The van der Waals surface area contributed by atoms with Crippen LogP contribution in [-0.2, 0) is 9.53 Å². The normalized spacial score (nSPS) is 24.4. The molecule has 17 heavy (non-hydrogen) atoms. The van der Waals surface area contributed by atoms with Crippen LogP contribution in [0.25, 0.3) is 0 Å². The van der Waals surface area contributed by atoms with Crippen LogP contribution in [0.2, 0.25) is 0 Å². The van der Waals surface area contributed by atoms with Gasteiger partial charge in [0.2, 0.25) is 0 Å². The van der Waals surface area contributed by atoms with Crippen LogP contribution in [0.5, 0.6) is 0 Å². The van der Waals surface area contributed by atoms with E-state index in [1.165, 1.54) is 0 Å². The predicted molar refractivity (Wildman–Crippen MR) is 59.7 cm³/mol. The predicted octanol–water partition coefficient (Wildman–Crippen LogP) is 0.234. The molecule has 2 fully saturated rings. The minimum Gasteiger partial charge on any atom is -0.481 e. The Balaban J connectivity index is 1.94. The summed E-state index contributed by atoms with van der Waals surface area (Å²) in [4.78, 5) is 26.2. The Morgan fingerprint density at radius 1 is 1.35 bits per heavy atom. The fourth-order valence-electron chi connectivity index (χ4n) is 2.17. The molecule has 0 aliphatic carbocycles. The molecule has 0 aromatic carbocycles. The molecule has 0 aromatic rings. The summed E-state index contributed by atoms with van der Waals surface area (Å²) in [6, 6.07) is -0.0733. The second-order valence-electron chi connectivity index (χ2n) is 5.24. The van der Waals surface area contributed by atoms with Gasteiger partial charge in [0, 0.05) is 19.6 Å². The standard InChI is InChI=1S/C11H18N2O4/c1-11(2)7-17-4-3-13(11)10(16)12-5-8(6-12)9(14)15/h8H,3-7H2,1-2H3,(H,14,15). The highest BCUT2D eigenvalue weighted by Crippen LogP contribution is 2.24. The van der Waals surface area contributed by atoms with Gasteiger partial charge in [0.25, 0.3) is 0 Å². The Morgan fingerprint density at radius 2 is 2.00 bits per heavy atom. The number of rotatable bonds is 1. The highest BCUT2D eigenvalue weighted by Gasteiger charge is 2.42. The summed E-state index contributed by atoms with van der Waals surface area (Å²) in [5.41, 5.74) is -0.316. The topological polar surface area (TPSA) is 70.1 Å². The number of carbonyl (C=O) groups excluding carboxylic acids is 1. The molecule has 0 radical (unpaired) electrons. The van der Waals surface area contributed by atoms with E-state index < -0.39 is 11.9 Å². The number of aliphatic carboxylic acids is 1. The zero-order valence-corrected chi connectivity index (χ0v) is 10.2. The summed E-state index contributed by atoms with van der Waals surface area (Å²) in [6.45, 7) is 6.20. The fourth-order valence-corrected chi connectivity index (χ4v) is 2.17. The van der Waals surface area contributed by atoms with Crippen molar-refractivity contribution in [1.82, 2.24) is 9.80 Å². The van der Waals surface area contributed by atoms with Gasteiger partial charge in [0.15, 0.2) is 0 Å². The van der Waals surface area contributed by atoms with Crippen molar-refractivity contribution >= 4 is 12.0 Å². The van der Waals surface area contributed by atoms with Gasteiger partial charge in [-0.2, -0.15) is 0 Å². The van der Waals surface area contributed by atoms with Crippen molar-refractivity contribution in [2.45, 2.75) is 19.4 Å². The van der Waals surface area contributed by atoms with Crippen molar-refractivity contribution in [3.63, 3.8) is 0 Å². The van der Waals surface area contributed by atoms with Crippen molar-refractivity contribution in [1.29, 1.82) is 0 Å². The van der Waals surface area contributed by atoms with E-state index in [4.69, 9.17) is 9.84 Å². The van der Waals surface area contributed by atoms with E-state index in [2.05, 4.69) is 0 Å². The molecule has 0 unspecified atom stereocenters. The first-order chi connectivity index (χ1) is 7.92. The van der Waals surface area contributed by atoms with Crippen LogP contribution in [0, 0.1) is 5.92 Å². The van der Waals surface area contributed by atoms with Crippen molar-refractivity contribution in [3.05, 3.63) is 0 Å². The summed E-state index contributed by atoms with van der Waals surface area (Å²) in [5, 5.41) is 8.77. The summed E-state index contributed by atoms with van der Waals surface area (Å²) in [5.74, 6) is -1.22. The zero-order chi connectivity index (χ0) is 12.6. The number of hydrogen-bond acceptors (Lipinski definition) is 3. The average Bonchev–Trinajstić information content (AvgIpc) is 2.13. The van der Waals surface area contributed by atoms with Gasteiger partial charge in [0.05, 0.1) is 24.7 Å². The van der Waals surface area contributed by atoms with Gasteiger partial charge < -0.3 is 19.6 Å². The summed E-state index contributed by atoms with van der Waals surface area (Å²) in [7, 11) is 0. The third-order valence-electron chi connectivity index (χ3n) is 3.38. The molecule has 2 saturated heterocycles. The monoisotopic (exact) mass is 242 g/mol. The van der Waals surface area contributed by atoms with Gasteiger partial charge in [0.1, 0.15) is 0 Å². The van der Waals surface area contributed by atoms with E-state index >= 15 is 0 Å². The first-order valence-electron chi connectivity index (χ1n) is 5.79. The lowest BCUT2D eigenvalue weighted by Crippen LogP contribution is -2.63. The Bertz CT molecular complexity index is 336. The molecular weight excluding hydrogens is 224 g/mol. The Labute approximate surface area is 100 Å². The molecule has 2 rings (SSSR count). The van der Waals surface area contributed by atoms with Crippen LogP contribution in [-0.4, -0.2) is 65.3 Å². The molecular formula is C11H18N2O4. The lowest BCUT2D eigenvalue weighted by Gasteiger charge is -2.47. The summed E-state index contributed by atoms with van der Waals surface area (Å²) in [6.07, 6.45) is 0. The smallest absolute Gasteiger partial charge is 0.320 e. The average molecular weight is 242 g/mol. The van der Waals surface area contributed by atoms with Gasteiger partial charge >= 0.3 is 12.0 Å². The van der Waals surface area contributed by atoms with Crippen LogP contribution in [0.3, 0.4) is 0 Å². The van der Waals surface area contributed by atoms with Crippen molar-refractivity contribution in [2.24, 2.45) is 5.92 Å². The maximum Gasteiger partial charge on any atom is 0.320 e. The number of amides is 2. The van der Waals surface area contributed by atoms with Crippen molar-refractivity contribution in [2.75, 3.05) is 32.8 Å². The number of morpholine rings is 1. The highest BCUT2D eigenvalue weighted by molar-refractivity contribution is 5.80. The minimum atomic E-state index is -0.824. The molecule has 2 aliphatic rings. The fraction of sp³-hybridized carbons (Fsp3) is 0.818. The third-order valence-corrected chi connectivity index (χ3v) is 3.38. The van der Waals surface area contributed by atoms with E-state index in [0.717, 1.165) is 0 Å². The SMILES string of the molecule is CC1(C)COCCN1C(=O)N1CC(C(=O)O)C1. The molecule has 0 bridgehead atoms. The number of carboxylic acids is 1. The quantitative estimate of drug-likeness (QED) is 0.714. The second kappa shape index (κ2) is 4.18. The maximum absolute atomic E-state index is 12.2. The molecule has 0 aromatic heterocycles. The lowest BCUT2D eigenvalue weighted by molar-refractivity contribution is -0.146. The molecule has 1 N–H and O–H groups in total. The van der Waals surface area contributed by atoms with Gasteiger partial charge in [-0.25, -0.2) is 4.79 Å². The summed E-state index contributed by atoms with van der Waals surface area (Å²) >= 11 is 0.